The fourth-order valence-corrected chi connectivity index (χ4v) is 1.81. The number of aliphatic hydroxyl groups excluding tert-OH is 1. The Morgan fingerprint density at radius 2 is 1.82 bits per heavy atom. The van der Waals surface area contributed by atoms with Crippen molar-refractivity contribution < 1.29 is 19.7 Å². The number of aliphatic hydroxyl groups is 1. The maximum atomic E-state index is 11.0. The van der Waals surface area contributed by atoms with E-state index in [1.807, 2.05) is 0 Å². The highest BCUT2D eigenvalue weighted by Gasteiger charge is 2.21. The Labute approximate surface area is 124 Å². The van der Waals surface area contributed by atoms with Gasteiger partial charge in [-0.2, -0.15) is 0 Å². The van der Waals surface area contributed by atoms with Crippen molar-refractivity contribution in [3.63, 3.8) is 0 Å². The maximum Gasteiger partial charge on any atom is 0.318 e. The van der Waals surface area contributed by atoms with E-state index in [1.54, 1.807) is 25.1 Å². The van der Waals surface area contributed by atoms with Crippen molar-refractivity contribution in [2.45, 2.75) is 13.0 Å². The summed E-state index contributed by atoms with van der Waals surface area (Å²) >= 11 is 0. The van der Waals surface area contributed by atoms with Crippen molar-refractivity contribution in [3.8, 4) is 11.5 Å². The number of benzene rings is 2. The van der Waals surface area contributed by atoms with E-state index in [0.29, 0.717) is 5.56 Å². The van der Waals surface area contributed by atoms with Crippen LogP contribution in [0.15, 0.2) is 42.5 Å². The molecule has 8 nitrogen and oxygen atoms in total. The van der Waals surface area contributed by atoms with Crippen LogP contribution in [0.1, 0.15) is 18.6 Å². The van der Waals surface area contributed by atoms with Crippen LogP contribution in [0.3, 0.4) is 0 Å². The van der Waals surface area contributed by atoms with Gasteiger partial charge in [-0.15, -0.1) is 0 Å². The minimum Gasteiger partial charge on any atom is -0.450 e. The molecule has 0 aliphatic carbocycles. The second-order valence-electron chi connectivity index (χ2n) is 4.52. The monoisotopic (exact) mass is 304 g/mol. The van der Waals surface area contributed by atoms with Crippen molar-refractivity contribution in [1.82, 2.24) is 0 Å². The summed E-state index contributed by atoms with van der Waals surface area (Å²) in [6, 6.07) is 9.56. The lowest BCUT2D eigenvalue weighted by atomic mass is 10.1. The molecule has 1 atom stereocenters. The first-order chi connectivity index (χ1) is 10.4. The summed E-state index contributed by atoms with van der Waals surface area (Å²) in [6.07, 6.45) is -0.713. The highest BCUT2D eigenvalue weighted by molar-refractivity contribution is 5.54. The van der Waals surface area contributed by atoms with Crippen LogP contribution in [-0.2, 0) is 0 Å². The third-order valence-corrected chi connectivity index (χ3v) is 2.92. The lowest BCUT2D eigenvalue weighted by Gasteiger charge is -2.09. The molecule has 0 spiro atoms. The topological polar surface area (TPSA) is 116 Å². The van der Waals surface area contributed by atoms with Crippen LogP contribution in [0.4, 0.5) is 11.4 Å². The molecule has 8 heteroatoms. The summed E-state index contributed by atoms with van der Waals surface area (Å²) in [5, 5.41) is 31.2. The molecule has 0 bridgehead atoms. The van der Waals surface area contributed by atoms with Crippen molar-refractivity contribution in [2.75, 3.05) is 0 Å². The van der Waals surface area contributed by atoms with E-state index in [9.17, 15) is 25.3 Å². The zero-order valence-electron chi connectivity index (χ0n) is 11.5. The van der Waals surface area contributed by atoms with E-state index in [4.69, 9.17) is 4.74 Å². The maximum absolute atomic E-state index is 11.0. The van der Waals surface area contributed by atoms with Gasteiger partial charge in [0.1, 0.15) is 5.75 Å². The predicted octanol–water partition coefficient (Wildman–Crippen LogP) is 3.35. The fourth-order valence-electron chi connectivity index (χ4n) is 1.81. The van der Waals surface area contributed by atoms with Crippen molar-refractivity contribution in [1.29, 1.82) is 0 Å². The van der Waals surface area contributed by atoms with Gasteiger partial charge in [-0.3, -0.25) is 20.2 Å². The Bertz CT molecular complexity index is 729. The number of non-ortho nitro benzene ring substituents is 1. The van der Waals surface area contributed by atoms with E-state index in [0.717, 1.165) is 12.1 Å². The van der Waals surface area contributed by atoms with Gasteiger partial charge >= 0.3 is 5.69 Å². The second kappa shape index (κ2) is 6.19. The van der Waals surface area contributed by atoms with Gasteiger partial charge in [0.15, 0.2) is 0 Å². The summed E-state index contributed by atoms with van der Waals surface area (Å²) in [5.41, 5.74) is -0.310. The molecule has 0 aliphatic rings. The Hall–Kier alpha value is -3.00. The molecule has 0 fully saturated rings. The molecule has 0 amide bonds. The summed E-state index contributed by atoms with van der Waals surface area (Å²) in [5.74, 6) is 0.175. The van der Waals surface area contributed by atoms with Gasteiger partial charge in [0.25, 0.3) is 5.69 Å². The van der Waals surface area contributed by atoms with Crippen molar-refractivity contribution in [2.24, 2.45) is 0 Å². The lowest BCUT2D eigenvalue weighted by Crippen LogP contribution is -1.97. The first-order valence-corrected chi connectivity index (χ1v) is 6.27. The third-order valence-electron chi connectivity index (χ3n) is 2.92. The zero-order chi connectivity index (χ0) is 16.3. The Balaban J connectivity index is 2.39. The highest BCUT2D eigenvalue weighted by atomic mass is 16.6. The summed E-state index contributed by atoms with van der Waals surface area (Å²) in [6.45, 7) is 1.58. The van der Waals surface area contributed by atoms with E-state index in [-0.39, 0.29) is 11.5 Å². The van der Waals surface area contributed by atoms with Crippen LogP contribution in [0.2, 0.25) is 0 Å². The Kier molecular flexibility index (Phi) is 4.33. The molecule has 0 saturated heterocycles. The van der Waals surface area contributed by atoms with Crippen LogP contribution in [0.25, 0.3) is 0 Å². The third kappa shape index (κ3) is 3.36. The van der Waals surface area contributed by atoms with E-state index >= 15 is 0 Å². The molecule has 114 valence electrons. The SMILES string of the molecule is C[C@@H](O)c1cccc(Oc2ccc([N+](=O)[O-])cc2[N+](=O)[O-])c1. The van der Waals surface area contributed by atoms with Gasteiger partial charge in [-0.05, 0) is 30.7 Å². The van der Waals surface area contributed by atoms with Crippen LogP contribution >= 0.6 is 0 Å². The van der Waals surface area contributed by atoms with Crippen LogP contribution in [0, 0.1) is 20.2 Å². The Morgan fingerprint density at radius 1 is 1.09 bits per heavy atom. The van der Waals surface area contributed by atoms with Crippen LogP contribution < -0.4 is 4.74 Å². The number of rotatable bonds is 5. The Morgan fingerprint density at radius 3 is 2.41 bits per heavy atom. The molecule has 0 radical (unpaired) electrons. The van der Waals surface area contributed by atoms with Crippen LogP contribution in [0.5, 0.6) is 11.5 Å². The number of nitro benzene ring substituents is 2. The summed E-state index contributed by atoms with van der Waals surface area (Å²) in [4.78, 5) is 20.2. The average molecular weight is 304 g/mol. The minimum atomic E-state index is -0.749. The molecule has 0 heterocycles. The van der Waals surface area contributed by atoms with Crippen molar-refractivity contribution >= 4 is 11.4 Å². The summed E-state index contributed by atoms with van der Waals surface area (Å²) in [7, 11) is 0. The van der Waals surface area contributed by atoms with Crippen molar-refractivity contribution in [3.05, 3.63) is 68.3 Å². The molecule has 0 unspecified atom stereocenters. The minimum absolute atomic E-state index is 0.113. The number of ether oxygens (including phenoxy) is 1. The first-order valence-electron chi connectivity index (χ1n) is 6.27. The van der Waals surface area contributed by atoms with Crippen LogP contribution in [-0.4, -0.2) is 15.0 Å². The van der Waals surface area contributed by atoms with E-state index in [2.05, 4.69) is 0 Å². The number of hydrogen-bond acceptors (Lipinski definition) is 6. The number of hydrogen-bond donors (Lipinski definition) is 1. The fraction of sp³-hybridized carbons (Fsp3) is 0.143. The van der Waals surface area contributed by atoms with Gasteiger partial charge in [-0.25, -0.2) is 0 Å². The first kappa shape index (κ1) is 15.4. The molecular weight excluding hydrogens is 292 g/mol. The molecule has 2 aromatic rings. The predicted molar refractivity (Wildman–Crippen MR) is 76.9 cm³/mol. The normalized spacial score (nSPS) is 11.7. The smallest absolute Gasteiger partial charge is 0.318 e. The van der Waals surface area contributed by atoms with E-state index in [1.165, 1.54) is 12.1 Å². The molecule has 2 rings (SSSR count). The van der Waals surface area contributed by atoms with Gasteiger partial charge in [-0.1, -0.05) is 12.1 Å². The largest absolute Gasteiger partial charge is 0.450 e. The highest BCUT2D eigenvalue weighted by Crippen LogP contribution is 2.34. The molecule has 0 aliphatic heterocycles. The van der Waals surface area contributed by atoms with Gasteiger partial charge in [0.05, 0.1) is 22.0 Å². The van der Waals surface area contributed by atoms with Gasteiger partial charge < -0.3 is 9.84 Å². The molecule has 1 N–H and O–H groups in total. The molecule has 0 aromatic heterocycles. The zero-order valence-corrected chi connectivity index (χ0v) is 11.5. The standard InChI is InChI=1S/C14H12N2O6/c1-9(17)10-3-2-4-12(7-10)22-14-6-5-11(15(18)19)8-13(14)16(20)21/h2-9,17H,1H3/t9-/m1/s1. The lowest BCUT2D eigenvalue weighted by molar-refractivity contribution is -0.394. The summed E-state index contributed by atoms with van der Waals surface area (Å²) < 4.78 is 5.42. The van der Waals surface area contributed by atoms with E-state index < -0.39 is 27.3 Å². The number of nitro groups is 2. The average Bonchev–Trinajstić information content (AvgIpc) is 2.47. The molecule has 22 heavy (non-hydrogen) atoms. The molecule has 2 aromatic carbocycles. The van der Waals surface area contributed by atoms with Gasteiger partial charge in [0, 0.05) is 6.07 Å². The number of nitrogens with zero attached hydrogens (tertiary/aromatic N) is 2. The molecule has 0 saturated carbocycles. The van der Waals surface area contributed by atoms with Gasteiger partial charge in [0.2, 0.25) is 5.75 Å². The molecular formula is C14H12N2O6. The quantitative estimate of drug-likeness (QED) is 0.668. The second-order valence-corrected chi connectivity index (χ2v) is 4.52.